The Morgan fingerprint density at radius 2 is 1.77 bits per heavy atom. The Bertz CT molecular complexity index is 912. The number of carbonyl (C=O) groups is 1. The molecule has 3 aromatic rings. The topological polar surface area (TPSA) is 72.5 Å². The average molecular weight is 390 g/mol. The van der Waals surface area contributed by atoms with E-state index in [1.54, 1.807) is 37.4 Å². The summed E-state index contributed by atoms with van der Waals surface area (Å²) in [4.78, 5) is 16.6. The Labute approximate surface area is 159 Å². The zero-order valence-corrected chi connectivity index (χ0v) is 15.6. The number of anilines is 2. The first-order valence-electron chi connectivity index (χ1n) is 7.60. The summed E-state index contributed by atoms with van der Waals surface area (Å²) in [7, 11) is 3.09. The van der Waals surface area contributed by atoms with Crippen LogP contribution in [-0.2, 0) is 0 Å². The number of hydrogen-bond acceptors (Lipinski definition) is 5. The summed E-state index contributed by atoms with van der Waals surface area (Å²) in [5.74, 6) is 1.12. The van der Waals surface area contributed by atoms with Gasteiger partial charge >= 0.3 is 6.03 Å². The number of thiazole rings is 1. The van der Waals surface area contributed by atoms with Gasteiger partial charge in [0.25, 0.3) is 0 Å². The molecule has 2 N–H and O–H groups in total. The molecule has 0 fully saturated rings. The quantitative estimate of drug-likeness (QED) is 0.634. The summed E-state index contributed by atoms with van der Waals surface area (Å²) in [5, 5.41) is 8.48. The Kier molecular flexibility index (Phi) is 5.60. The molecule has 1 aromatic heterocycles. The molecule has 1 heterocycles. The van der Waals surface area contributed by atoms with Crippen LogP contribution in [0.4, 0.5) is 15.6 Å². The Morgan fingerprint density at radius 3 is 2.46 bits per heavy atom. The predicted molar refractivity (Wildman–Crippen MR) is 105 cm³/mol. The number of benzene rings is 2. The number of nitrogens with one attached hydrogen (secondary N) is 2. The van der Waals surface area contributed by atoms with Crippen molar-refractivity contribution in [3.05, 3.63) is 52.9 Å². The van der Waals surface area contributed by atoms with Crippen LogP contribution in [0.15, 0.2) is 47.8 Å². The van der Waals surface area contributed by atoms with Gasteiger partial charge < -0.3 is 14.8 Å². The Morgan fingerprint density at radius 1 is 1.04 bits per heavy atom. The van der Waals surface area contributed by atoms with E-state index in [-0.39, 0.29) is 0 Å². The van der Waals surface area contributed by atoms with Gasteiger partial charge in [0.2, 0.25) is 0 Å². The van der Waals surface area contributed by atoms with Crippen LogP contribution in [0.25, 0.3) is 11.3 Å². The van der Waals surface area contributed by atoms with Crippen molar-refractivity contribution >= 4 is 39.8 Å². The van der Waals surface area contributed by atoms with Crippen LogP contribution in [0.5, 0.6) is 11.5 Å². The average Bonchev–Trinajstić information content (AvgIpc) is 3.10. The highest BCUT2D eigenvalue weighted by atomic mass is 35.5. The fraction of sp³-hybridized carbons (Fsp3) is 0.111. The third-order valence-corrected chi connectivity index (χ3v) is 4.52. The summed E-state index contributed by atoms with van der Waals surface area (Å²) in [6.07, 6.45) is 0. The second-order valence-corrected chi connectivity index (χ2v) is 6.49. The van der Waals surface area contributed by atoms with Crippen LogP contribution in [0, 0.1) is 0 Å². The fourth-order valence-electron chi connectivity index (χ4n) is 2.26. The summed E-state index contributed by atoms with van der Waals surface area (Å²) >= 11 is 7.23. The molecule has 8 heteroatoms. The molecule has 2 amide bonds. The number of halogens is 1. The van der Waals surface area contributed by atoms with Crippen LogP contribution in [0.1, 0.15) is 0 Å². The molecule has 0 saturated heterocycles. The molecule has 26 heavy (non-hydrogen) atoms. The number of aromatic nitrogens is 1. The summed E-state index contributed by atoms with van der Waals surface area (Å²) in [6.45, 7) is 0. The lowest BCUT2D eigenvalue weighted by molar-refractivity contribution is 0.262. The molecule has 0 bridgehead atoms. The molecule has 134 valence electrons. The summed E-state index contributed by atoms with van der Waals surface area (Å²) in [5.41, 5.74) is 2.28. The molecular weight excluding hydrogens is 374 g/mol. The van der Waals surface area contributed by atoms with Crippen molar-refractivity contribution in [2.24, 2.45) is 0 Å². The molecular formula is C18H16ClN3O3S. The van der Waals surface area contributed by atoms with Crippen molar-refractivity contribution < 1.29 is 14.3 Å². The smallest absolute Gasteiger partial charge is 0.325 e. The second kappa shape index (κ2) is 8.07. The number of amides is 2. The first-order chi connectivity index (χ1) is 12.6. The summed E-state index contributed by atoms with van der Waals surface area (Å²) in [6, 6.07) is 12.1. The monoisotopic (exact) mass is 389 g/mol. The van der Waals surface area contributed by atoms with Crippen molar-refractivity contribution in [3.63, 3.8) is 0 Å². The first-order valence-corrected chi connectivity index (χ1v) is 8.86. The van der Waals surface area contributed by atoms with Gasteiger partial charge in [0, 0.05) is 27.7 Å². The second-order valence-electron chi connectivity index (χ2n) is 5.19. The first kappa shape index (κ1) is 18.0. The SMILES string of the molecule is COc1ccc(NC(=O)Nc2nc(-c3ccc(Cl)cc3)cs2)cc1OC. The van der Waals surface area contributed by atoms with E-state index in [0.29, 0.717) is 27.3 Å². The summed E-state index contributed by atoms with van der Waals surface area (Å²) < 4.78 is 10.4. The van der Waals surface area contributed by atoms with Gasteiger partial charge in [-0.15, -0.1) is 11.3 Å². The number of rotatable bonds is 5. The Hall–Kier alpha value is -2.77. The van der Waals surface area contributed by atoms with Gasteiger partial charge in [0.05, 0.1) is 19.9 Å². The highest BCUT2D eigenvalue weighted by molar-refractivity contribution is 7.14. The number of nitrogens with zero attached hydrogens (tertiary/aromatic N) is 1. The molecule has 0 aliphatic rings. The van der Waals surface area contributed by atoms with Crippen LogP contribution < -0.4 is 20.1 Å². The molecule has 0 saturated carbocycles. The van der Waals surface area contributed by atoms with Crippen LogP contribution in [0.3, 0.4) is 0 Å². The van der Waals surface area contributed by atoms with Crippen LogP contribution in [-0.4, -0.2) is 25.2 Å². The number of hydrogen-bond donors (Lipinski definition) is 2. The van der Waals surface area contributed by atoms with Gasteiger partial charge in [-0.3, -0.25) is 5.32 Å². The third kappa shape index (κ3) is 4.25. The Balaban J connectivity index is 1.66. The van der Waals surface area contributed by atoms with E-state index < -0.39 is 6.03 Å². The number of urea groups is 1. The van der Waals surface area contributed by atoms with Crippen molar-refractivity contribution in [2.45, 2.75) is 0 Å². The van der Waals surface area contributed by atoms with Crippen molar-refractivity contribution in [1.82, 2.24) is 4.98 Å². The fourth-order valence-corrected chi connectivity index (χ4v) is 3.10. The molecule has 6 nitrogen and oxygen atoms in total. The normalized spacial score (nSPS) is 10.3. The van der Waals surface area contributed by atoms with Gasteiger partial charge in [-0.05, 0) is 24.3 Å². The minimum atomic E-state index is -0.394. The molecule has 2 aromatic carbocycles. The van der Waals surface area contributed by atoms with E-state index in [4.69, 9.17) is 21.1 Å². The standard InChI is InChI=1S/C18H16ClN3O3S/c1-24-15-8-7-13(9-16(15)25-2)20-17(23)22-18-21-14(10-26-18)11-3-5-12(19)6-4-11/h3-10H,1-2H3,(H2,20,21,22,23). The largest absolute Gasteiger partial charge is 0.493 e. The van der Waals surface area contributed by atoms with E-state index >= 15 is 0 Å². The molecule has 0 unspecified atom stereocenters. The molecule has 0 aliphatic heterocycles. The van der Waals surface area contributed by atoms with Gasteiger partial charge in [0.15, 0.2) is 16.6 Å². The van der Waals surface area contributed by atoms with E-state index in [0.717, 1.165) is 11.3 Å². The minimum Gasteiger partial charge on any atom is -0.493 e. The number of ether oxygens (including phenoxy) is 2. The van der Waals surface area contributed by atoms with E-state index in [2.05, 4.69) is 15.6 Å². The van der Waals surface area contributed by atoms with Gasteiger partial charge in [-0.2, -0.15) is 0 Å². The third-order valence-electron chi connectivity index (χ3n) is 3.51. The lowest BCUT2D eigenvalue weighted by atomic mass is 10.2. The van der Waals surface area contributed by atoms with Crippen molar-refractivity contribution in [2.75, 3.05) is 24.9 Å². The van der Waals surface area contributed by atoms with E-state index in [1.807, 2.05) is 17.5 Å². The van der Waals surface area contributed by atoms with Crippen molar-refractivity contribution in [1.29, 1.82) is 0 Å². The lowest BCUT2D eigenvalue weighted by Crippen LogP contribution is -2.19. The maximum atomic E-state index is 12.2. The zero-order valence-electron chi connectivity index (χ0n) is 14.1. The zero-order chi connectivity index (χ0) is 18.5. The molecule has 0 aliphatic carbocycles. The molecule has 0 atom stereocenters. The maximum absolute atomic E-state index is 12.2. The van der Waals surface area contributed by atoms with Gasteiger partial charge in [-0.1, -0.05) is 23.7 Å². The molecule has 0 spiro atoms. The van der Waals surface area contributed by atoms with E-state index in [9.17, 15) is 4.79 Å². The van der Waals surface area contributed by atoms with Crippen LogP contribution in [0.2, 0.25) is 5.02 Å². The predicted octanol–water partition coefficient (Wildman–Crippen LogP) is 5.12. The number of methoxy groups -OCH3 is 2. The van der Waals surface area contributed by atoms with Crippen LogP contribution >= 0.6 is 22.9 Å². The lowest BCUT2D eigenvalue weighted by Gasteiger charge is -2.10. The van der Waals surface area contributed by atoms with Gasteiger partial charge in [-0.25, -0.2) is 9.78 Å². The highest BCUT2D eigenvalue weighted by Crippen LogP contribution is 2.30. The molecule has 3 rings (SSSR count). The number of carbonyl (C=O) groups excluding carboxylic acids is 1. The van der Waals surface area contributed by atoms with Crippen molar-refractivity contribution in [3.8, 4) is 22.8 Å². The minimum absolute atomic E-state index is 0.394. The van der Waals surface area contributed by atoms with E-state index in [1.165, 1.54) is 18.4 Å². The maximum Gasteiger partial charge on any atom is 0.325 e. The highest BCUT2D eigenvalue weighted by Gasteiger charge is 2.10. The molecule has 0 radical (unpaired) electrons. The van der Waals surface area contributed by atoms with Gasteiger partial charge in [0.1, 0.15) is 0 Å².